The van der Waals surface area contributed by atoms with Gasteiger partial charge in [-0.1, -0.05) is 12.1 Å². The van der Waals surface area contributed by atoms with Crippen molar-refractivity contribution in [2.75, 3.05) is 0 Å². The van der Waals surface area contributed by atoms with Crippen molar-refractivity contribution in [2.24, 2.45) is 5.10 Å². The molecule has 1 atom stereocenters. The number of quaternary nitrogens is 1. The summed E-state index contributed by atoms with van der Waals surface area (Å²) in [5, 5.41) is 14.0. The Morgan fingerprint density at radius 3 is 2.85 bits per heavy atom. The zero-order valence-electron chi connectivity index (χ0n) is 6.70. The summed E-state index contributed by atoms with van der Waals surface area (Å²) in [5.74, 6) is -0.749. The van der Waals surface area contributed by atoms with Crippen LogP contribution in [0.25, 0.3) is 6.08 Å². The Morgan fingerprint density at radius 1 is 1.23 bits per heavy atom. The lowest BCUT2D eigenvalue weighted by molar-refractivity contribution is -0.783. The summed E-state index contributed by atoms with van der Waals surface area (Å²) in [7, 11) is 0. The van der Waals surface area contributed by atoms with Crippen molar-refractivity contribution in [1.29, 1.82) is 0 Å². The summed E-state index contributed by atoms with van der Waals surface area (Å²) in [6, 6.07) is 6.89. The summed E-state index contributed by atoms with van der Waals surface area (Å²) < 4.78 is 12.7. The van der Waals surface area contributed by atoms with Gasteiger partial charge < -0.3 is 5.21 Å². The number of fused-ring (bicyclic) bond motifs is 1. The van der Waals surface area contributed by atoms with Crippen molar-refractivity contribution in [3.8, 4) is 0 Å². The van der Waals surface area contributed by atoms with E-state index in [9.17, 15) is 9.60 Å². The lowest BCUT2D eigenvalue weighted by Gasteiger charge is -2.14. The molecule has 4 heteroatoms. The molecule has 0 aliphatic carbocycles. The average molecular weight is 178 g/mol. The molecule has 0 aromatic heterocycles. The second-order valence-electron chi connectivity index (χ2n) is 2.66. The molecule has 0 radical (unpaired) electrons. The molecule has 1 N–H and O–H groups in total. The molecular weight excluding hydrogens is 171 g/mol. The number of halogens is 1. The third-order valence-electron chi connectivity index (χ3n) is 1.80. The third-order valence-corrected chi connectivity index (χ3v) is 1.80. The van der Waals surface area contributed by atoms with Crippen molar-refractivity contribution < 1.29 is 9.56 Å². The van der Waals surface area contributed by atoms with Gasteiger partial charge in [0.15, 0.2) is 5.69 Å². The van der Waals surface area contributed by atoms with Gasteiger partial charge in [0.2, 0.25) is 0 Å². The van der Waals surface area contributed by atoms with Crippen LogP contribution in [0, 0.1) is 5.21 Å². The normalized spacial score (nSPS) is 20.5. The predicted molar refractivity (Wildman–Crippen MR) is 48.0 cm³/mol. The molecule has 1 aromatic carbocycles. The Bertz CT molecular complexity index is 387. The van der Waals surface area contributed by atoms with Gasteiger partial charge in [-0.15, -0.1) is 0 Å². The molecule has 0 saturated heterocycles. The van der Waals surface area contributed by atoms with Crippen LogP contribution >= 0.6 is 0 Å². The van der Waals surface area contributed by atoms with Crippen LogP contribution in [-0.2, 0) is 0 Å². The van der Waals surface area contributed by atoms with Crippen LogP contribution in [-0.4, -0.2) is 5.97 Å². The summed E-state index contributed by atoms with van der Waals surface area (Å²) in [6.45, 7) is 0. The SMILES string of the molecule is [O-][NH+]1N=C(F)C=Cc2ccccc21. The zero-order chi connectivity index (χ0) is 9.26. The monoisotopic (exact) mass is 178 g/mol. The van der Waals surface area contributed by atoms with Crippen molar-refractivity contribution in [3.05, 3.63) is 41.1 Å². The average Bonchev–Trinajstić information content (AvgIpc) is 2.27. The van der Waals surface area contributed by atoms with Crippen LogP contribution in [0.1, 0.15) is 5.56 Å². The van der Waals surface area contributed by atoms with Gasteiger partial charge in [0.05, 0.1) is 0 Å². The van der Waals surface area contributed by atoms with Crippen LogP contribution in [0.2, 0.25) is 0 Å². The van der Waals surface area contributed by atoms with Gasteiger partial charge in [-0.05, 0) is 23.3 Å². The maximum absolute atomic E-state index is 12.7. The number of nitrogens with one attached hydrogen (secondary N) is 1. The standard InChI is InChI=1S/C9H7FN2O/c10-9-6-5-7-3-1-2-4-8(7)12(13)11-9/h1-6,12H. The maximum Gasteiger partial charge on any atom is 0.266 e. The Kier molecular flexibility index (Phi) is 1.92. The molecule has 3 nitrogen and oxygen atoms in total. The van der Waals surface area contributed by atoms with E-state index < -0.39 is 11.1 Å². The highest BCUT2D eigenvalue weighted by atomic mass is 19.1. The van der Waals surface area contributed by atoms with E-state index in [1.165, 1.54) is 6.08 Å². The van der Waals surface area contributed by atoms with E-state index in [1.54, 1.807) is 30.3 Å². The van der Waals surface area contributed by atoms with E-state index >= 15 is 0 Å². The molecule has 1 aliphatic heterocycles. The van der Waals surface area contributed by atoms with E-state index in [4.69, 9.17) is 0 Å². The summed E-state index contributed by atoms with van der Waals surface area (Å²) in [6.07, 6.45) is 2.72. The highest BCUT2D eigenvalue weighted by molar-refractivity contribution is 5.91. The molecule has 0 spiro atoms. The smallest absolute Gasteiger partial charge is 0.266 e. The van der Waals surface area contributed by atoms with Crippen molar-refractivity contribution >= 4 is 17.7 Å². The molecule has 0 saturated carbocycles. The van der Waals surface area contributed by atoms with E-state index in [2.05, 4.69) is 5.10 Å². The second-order valence-corrected chi connectivity index (χ2v) is 2.66. The summed E-state index contributed by atoms with van der Waals surface area (Å²) >= 11 is 0. The minimum Gasteiger partial charge on any atom is -0.601 e. The quantitative estimate of drug-likeness (QED) is 0.592. The van der Waals surface area contributed by atoms with Gasteiger partial charge in [0.1, 0.15) is 0 Å². The highest BCUT2D eigenvalue weighted by Gasteiger charge is 2.10. The number of hydrogen-bond donors (Lipinski definition) is 1. The topological polar surface area (TPSA) is 39.9 Å². The largest absolute Gasteiger partial charge is 0.601 e. The van der Waals surface area contributed by atoms with E-state index in [0.717, 1.165) is 0 Å². The van der Waals surface area contributed by atoms with Gasteiger partial charge in [-0.2, -0.15) is 4.39 Å². The minimum absolute atomic E-state index is 0.436. The molecular formula is C9H7FN2O. The lowest BCUT2D eigenvalue weighted by Crippen LogP contribution is -2.97. The zero-order valence-corrected chi connectivity index (χ0v) is 6.70. The van der Waals surface area contributed by atoms with Crippen molar-refractivity contribution in [2.45, 2.75) is 0 Å². The number of rotatable bonds is 0. The Hall–Kier alpha value is -1.52. The summed E-state index contributed by atoms with van der Waals surface area (Å²) in [4.78, 5) is 0. The number of hydrogen-bond acceptors (Lipinski definition) is 2. The van der Waals surface area contributed by atoms with Crippen LogP contribution in [0.4, 0.5) is 10.1 Å². The van der Waals surface area contributed by atoms with Gasteiger partial charge in [0.25, 0.3) is 5.97 Å². The molecule has 1 unspecified atom stereocenters. The number of nitrogens with zero attached hydrogens (tertiary/aromatic N) is 1. The van der Waals surface area contributed by atoms with Crippen LogP contribution < -0.4 is 5.17 Å². The minimum atomic E-state index is -0.749. The maximum atomic E-state index is 12.7. The fourth-order valence-electron chi connectivity index (χ4n) is 1.19. The molecule has 2 rings (SSSR count). The Morgan fingerprint density at radius 2 is 2.00 bits per heavy atom. The Labute approximate surface area is 74.4 Å². The van der Waals surface area contributed by atoms with Gasteiger partial charge in [-0.25, -0.2) is 5.17 Å². The summed E-state index contributed by atoms with van der Waals surface area (Å²) in [5.41, 5.74) is 1.13. The second kappa shape index (κ2) is 3.08. The number of allylic oxidation sites excluding steroid dienone is 1. The molecule has 1 heterocycles. The van der Waals surface area contributed by atoms with E-state index in [0.29, 0.717) is 11.3 Å². The molecule has 13 heavy (non-hydrogen) atoms. The highest BCUT2D eigenvalue weighted by Crippen LogP contribution is 2.14. The lowest BCUT2D eigenvalue weighted by atomic mass is 10.2. The molecule has 1 aliphatic rings. The first-order valence-corrected chi connectivity index (χ1v) is 3.83. The van der Waals surface area contributed by atoms with Gasteiger partial charge in [0, 0.05) is 11.6 Å². The number of benzene rings is 1. The molecule has 1 aromatic rings. The van der Waals surface area contributed by atoms with E-state index in [1.807, 2.05) is 0 Å². The molecule has 0 amide bonds. The predicted octanol–water partition coefficient (Wildman–Crippen LogP) is 1.01. The first-order chi connectivity index (χ1) is 6.27. The van der Waals surface area contributed by atoms with Crippen molar-refractivity contribution in [1.82, 2.24) is 0 Å². The van der Waals surface area contributed by atoms with Gasteiger partial charge >= 0.3 is 0 Å². The van der Waals surface area contributed by atoms with Gasteiger partial charge in [-0.3, -0.25) is 0 Å². The first-order valence-electron chi connectivity index (χ1n) is 3.83. The van der Waals surface area contributed by atoms with Crippen LogP contribution in [0.3, 0.4) is 0 Å². The van der Waals surface area contributed by atoms with Crippen LogP contribution in [0.15, 0.2) is 35.4 Å². The van der Waals surface area contributed by atoms with Crippen LogP contribution in [0.5, 0.6) is 0 Å². The fraction of sp³-hybridized carbons (Fsp3) is 0. The Balaban J connectivity index is 2.55. The molecule has 0 fully saturated rings. The molecule has 66 valence electrons. The fourth-order valence-corrected chi connectivity index (χ4v) is 1.19. The first kappa shape index (κ1) is 8.10. The molecule has 0 bridgehead atoms. The van der Waals surface area contributed by atoms with E-state index in [-0.39, 0.29) is 0 Å². The third kappa shape index (κ3) is 1.49. The van der Waals surface area contributed by atoms with Crippen molar-refractivity contribution in [3.63, 3.8) is 0 Å².